The summed E-state index contributed by atoms with van der Waals surface area (Å²) in [7, 11) is 0. The van der Waals surface area contributed by atoms with Crippen molar-refractivity contribution in [2.75, 3.05) is 32.8 Å². The summed E-state index contributed by atoms with van der Waals surface area (Å²) in [5, 5.41) is 11.8. The van der Waals surface area contributed by atoms with Crippen molar-refractivity contribution in [2.24, 2.45) is 0 Å². The van der Waals surface area contributed by atoms with Gasteiger partial charge in [-0.25, -0.2) is 13.8 Å². The van der Waals surface area contributed by atoms with Crippen LogP contribution in [0.2, 0.25) is 0 Å². The number of benzene rings is 1. The molecule has 5 rings (SSSR count). The fraction of sp³-hybridized carbons (Fsp3) is 0.455. The lowest BCUT2D eigenvalue weighted by Crippen LogP contribution is -2.43. The normalized spacial score (nSPS) is 16.9. The van der Waals surface area contributed by atoms with E-state index in [0.29, 0.717) is 50.5 Å². The Bertz CT molecular complexity index is 1210. The highest BCUT2D eigenvalue weighted by atomic mass is 19.1. The summed E-state index contributed by atoms with van der Waals surface area (Å²) in [6.07, 6.45) is 2.96. The highest BCUT2D eigenvalue weighted by molar-refractivity contribution is 5.75. The lowest BCUT2D eigenvalue weighted by atomic mass is 10.0. The van der Waals surface area contributed by atoms with E-state index in [-0.39, 0.29) is 16.6 Å². The summed E-state index contributed by atoms with van der Waals surface area (Å²) < 4.78 is 40.1. The molecule has 0 radical (unpaired) electrons. The summed E-state index contributed by atoms with van der Waals surface area (Å²) in [5.74, 6) is -0.435. The smallest absolute Gasteiger partial charge is 0.276 e. The van der Waals surface area contributed by atoms with Crippen molar-refractivity contribution in [3.63, 3.8) is 0 Å². The summed E-state index contributed by atoms with van der Waals surface area (Å²) in [5.41, 5.74) is 0.605. The number of rotatable bonds is 6. The van der Waals surface area contributed by atoms with E-state index >= 15 is 0 Å². The van der Waals surface area contributed by atoms with Crippen LogP contribution in [0.1, 0.15) is 18.5 Å². The van der Waals surface area contributed by atoms with Gasteiger partial charge in [0.2, 0.25) is 0 Å². The molecule has 2 aromatic heterocycles. The molecule has 0 atom stereocenters. The number of aromatic nitrogens is 4. The quantitative estimate of drug-likeness (QED) is 0.594. The first-order chi connectivity index (χ1) is 16.1. The fourth-order valence-corrected chi connectivity index (χ4v) is 4.26. The third-order valence-electron chi connectivity index (χ3n) is 6.03. The molecule has 0 unspecified atom stereocenters. The first-order valence-electron chi connectivity index (χ1n) is 11.0. The van der Waals surface area contributed by atoms with E-state index in [1.54, 1.807) is 0 Å². The highest BCUT2D eigenvalue weighted by Gasteiger charge is 2.20. The lowest BCUT2D eigenvalue weighted by molar-refractivity contribution is 0.161. The minimum Gasteiger partial charge on any atom is -0.484 e. The second-order valence-electron chi connectivity index (χ2n) is 8.20. The van der Waals surface area contributed by atoms with Crippen LogP contribution < -0.4 is 20.3 Å². The number of hydrogen-bond donors (Lipinski definition) is 1. The SMILES string of the molecule is O=c1cnc2c(F)cc(F)cc2n1CCN1CCC(NCc2cc3c(nn2)OCCO3)CC1. The van der Waals surface area contributed by atoms with E-state index < -0.39 is 11.6 Å². The van der Waals surface area contributed by atoms with E-state index in [0.717, 1.165) is 50.0 Å². The summed E-state index contributed by atoms with van der Waals surface area (Å²) in [6, 6.07) is 4.12. The average molecular weight is 458 g/mol. The zero-order valence-electron chi connectivity index (χ0n) is 18.0. The van der Waals surface area contributed by atoms with Crippen molar-refractivity contribution in [2.45, 2.75) is 32.0 Å². The minimum absolute atomic E-state index is 0.00106. The maximum Gasteiger partial charge on any atom is 0.276 e. The Labute approximate surface area is 188 Å². The molecule has 0 bridgehead atoms. The molecule has 1 aromatic carbocycles. The molecule has 1 fully saturated rings. The number of halogens is 2. The predicted molar refractivity (Wildman–Crippen MR) is 115 cm³/mol. The molecule has 0 amide bonds. The molecule has 1 saturated heterocycles. The molecular weight excluding hydrogens is 434 g/mol. The van der Waals surface area contributed by atoms with Gasteiger partial charge in [-0.2, -0.15) is 5.10 Å². The molecule has 0 saturated carbocycles. The largest absolute Gasteiger partial charge is 0.484 e. The molecule has 9 nitrogen and oxygen atoms in total. The van der Waals surface area contributed by atoms with Gasteiger partial charge in [-0.05, 0) is 25.9 Å². The van der Waals surface area contributed by atoms with Gasteiger partial charge < -0.3 is 24.3 Å². The number of fused-ring (bicyclic) bond motifs is 2. The van der Waals surface area contributed by atoms with E-state index in [1.165, 1.54) is 4.57 Å². The van der Waals surface area contributed by atoms with Crippen LogP contribution in [0.3, 0.4) is 0 Å². The standard InChI is InChI=1S/C22H24F2N6O3/c23-14-9-17(24)21-18(10-14)30(20(31)13-26-21)6-5-29-3-1-15(2-4-29)25-12-16-11-19-22(28-27-16)33-8-7-32-19/h9-11,13,15,25H,1-8,12H2. The average Bonchev–Trinajstić information content (AvgIpc) is 2.82. The van der Waals surface area contributed by atoms with E-state index in [9.17, 15) is 13.6 Å². The Morgan fingerprint density at radius 3 is 2.73 bits per heavy atom. The monoisotopic (exact) mass is 458 g/mol. The number of hydrogen-bond acceptors (Lipinski definition) is 8. The van der Waals surface area contributed by atoms with Crippen LogP contribution in [0.15, 0.2) is 29.2 Å². The molecule has 4 heterocycles. The molecule has 1 N–H and O–H groups in total. The molecule has 11 heteroatoms. The number of nitrogens with zero attached hydrogens (tertiary/aromatic N) is 5. The van der Waals surface area contributed by atoms with E-state index in [1.807, 2.05) is 6.07 Å². The molecule has 2 aliphatic rings. The minimum atomic E-state index is -0.770. The Morgan fingerprint density at radius 1 is 1.06 bits per heavy atom. The van der Waals surface area contributed by atoms with Crippen molar-refractivity contribution < 1.29 is 18.3 Å². The maximum absolute atomic E-state index is 14.0. The third-order valence-corrected chi connectivity index (χ3v) is 6.03. The van der Waals surface area contributed by atoms with Crippen LogP contribution in [0.25, 0.3) is 11.0 Å². The first-order valence-corrected chi connectivity index (χ1v) is 11.0. The van der Waals surface area contributed by atoms with Gasteiger partial charge in [-0.1, -0.05) is 0 Å². The second kappa shape index (κ2) is 9.36. The second-order valence-corrected chi connectivity index (χ2v) is 8.20. The van der Waals surface area contributed by atoms with Gasteiger partial charge in [0.15, 0.2) is 11.6 Å². The first kappa shape index (κ1) is 21.7. The molecule has 2 aliphatic heterocycles. The van der Waals surface area contributed by atoms with Gasteiger partial charge in [0, 0.05) is 43.9 Å². The summed E-state index contributed by atoms with van der Waals surface area (Å²) in [6.45, 7) is 4.23. The van der Waals surface area contributed by atoms with Gasteiger partial charge >= 0.3 is 0 Å². The topological polar surface area (TPSA) is 94.4 Å². The molecule has 0 spiro atoms. The summed E-state index contributed by atoms with van der Waals surface area (Å²) >= 11 is 0. The molecule has 3 aromatic rings. The van der Waals surface area contributed by atoms with Crippen LogP contribution >= 0.6 is 0 Å². The maximum atomic E-state index is 14.0. The van der Waals surface area contributed by atoms with Crippen LogP contribution in [-0.2, 0) is 13.1 Å². The fourth-order valence-electron chi connectivity index (χ4n) is 4.26. The van der Waals surface area contributed by atoms with Crippen molar-refractivity contribution in [3.8, 4) is 11.6 Å². The molecule has 174 valence electrons. The van der Waals surface area contributed by atoms with Crippen LogP contribution in [0.5, 0.6) is 11.6 Å². The van der Waals surface area contributed by atoms with Gasteiger partial charge in [-0.3, -0.25) is 4.79 Å². The van der Waals surface area contributed by atoms with Gasteiger partial charge in [0.1, 0.15) is 24.5 Å². The van der Waals surface area contributed by atoms with Crippen molar-refractivity contribution in [3.05, 3.63) is 52.1 Å². The molecule has 0 aliphatic carbocycles. The van der Waals surface area contributed by atoms with Gasteiger partial charge in [0.05, 0.1) is 17.4 Å². The molecule has 33 heavy (non-hydrogen) atoms. The van der Waals surface area contributed by atoms with Crippen LogP contribution in [-0.4, -0.2) is 63.5 Å². The number of likely N-dealkylation sites (tertiary alicyclic amines) is 1. The zero-order chi connectivity index (χ0) is 22.8. The van der Waals surface area contributed by atoms with Gasteiger partial charge in [0.25, 0.3) is 11.4 Å². The Morgan fingerprint density at radius 2 is 1.88 bits per heavy atom. The summed E-state index contributed by atoms with van der Waals surface area (Å²) in [4.78, 5) is 18.4. The van der Waals surface area contributed by atoms with Crippen molar-refractivity contribution in [1.82, 2.24) is 30.0 Å². The van der Waals surface area contributed by atoms with E-state index in [4.69, 9.17) is 9.47 Å². The Hall–Kier alpha value is -3.18. The number of ether oxygens (including phenoxy) is 2. The van der Waals surface area contributed by atoms with Crippen molar-refractivity contribution in [1.29, 1.82) is 0 Å². The lowest BCUT2D eigenvalue weighted by Gasteiger charge is -2.32. The van der Waals surface area contributed by atoms with E-state index in [2.05, 4.69) is 25.4 Å². The Balaban J connectivity index is 1.14. The highest BCUT2D eigenvalue weighted by Crippen LogP contribution is 2.26. The molecular formula is C22H24F2N6O3. The van der Waals surface area contributed by atoms with Gasteiger partial charge in [-0.15, -0.1) is 5.10 Å². The third kappa shape index (κ3) is 4.79. The Kier molecular flexibility index (Phi) is 6.14. The predicted octanol–water partition coefficient (Wildman–Crippen LogP) is 1.49. The number of piperidine rings is 1. The van der Waals surface area contributed by atoms with Crippen molar-refractivity contribution >= 4 is 11.0 Å². The number of nitrogens with one attached hydrogen (secondary N) is 1. The zero-order valence-corrected chi connectivity index (χ0v) is 18.0. The van der Waals surface area contributed by atoms with Crippen LogP contribution in [0.4, 0.5) is 8.78 Å². The van der Waals surface area contributed by atoms with Crippen LogP contribution in [0, 0.1) is 11.6 Å².